The number of nitrogens with zero attached hydrogens (tertiary/aromatic N) is 1. The molecule has 2 heteroatoms. The van der Waals surface area contributed by atoms with E-state index in [-0.39, 0.29) is 5.54 Å². The summed E-state index contributed by atoms with van der Waals surface area (Å²) in [6.45, 7) is 10.7. The van der Waals surface area contributed by atoms with Crippen LogP contribution in [0.5, 0.6) is 0 Å². The molecule has 0 fully saturated rings. The zero-order chi connectivity index (χ0) is 13.8. The number of aryl methyl sites for hydroxylation is 2. The Bertz CT molecular complexity index is 377. The van der Waals surface area contributed by atoms with Crippen molar-refractivity contribution in [3.05, 3.63) is 34.9 Å². The first kappa shape index (κ1) is 15.2. The second-order valence-corrected chi connectivity index (χ2v) is 6.22. The van der Waals surface area contributed by atoms with Crippen LogP contribution in [0.2, 0.25) is 0 Å². The molecular formula is C16H28N2. The van der Waals surface area contributed by atoms with Gasteiger partial charge in [0.1, 0.15) is 0 Å². The molecule has 1 aromatic rings. The summed E-state index contributed by atoms with van der Waals surface area (Å²) in [4.78, 5) is 2.37. The van der Waals surface area contributed by atoms with E-state index in [2.05, 4.69) is 57.8 Å². The Morgan fingerprint density at radius 1 is 1.17 bits per heavy atom. The summed E-state index contributed by atoms with van der Waals surface area (Å²) in [5.74, 6) is 0. The molecule has 0 aliphatic carbocycles. The van der Waals surface area contributed by atoms with Crippen molar-refractivity contribution >= 4 is 0 Å². The van der Waals surface area contributed by atoms with E-state index in [9.17, 15) is 0 Å². The average Bonchev–Trinajstić information content (AvgIpc) is 2.24. The molecule has 0 aliphatic rings. The van der Waals surface area contributed by atoms with Gasteiger partial charge in [0.2, 0.25) is 0 Å². The van der Waals surface area contributed by atoms with Crippen LogP contribution in [-0.4, -0.2) is 30.6 Å². The van der Waals surface area contributed by atoms with Crippen molar-refractivity contribution in [2.45, 2.75) is 46.1 Å². The molecule has 0 saturated heterocycles. The Morgan fingerprint density at radius 3 is 2.39 bits per heavy atom. The van der Waals surface area contributed by atoms with Gasteiger partial charge in [0, 0.05) is 12.1 Å². The Kier molecular flexibility index (Phi) is 5.36. The van der Waals surface area contributed by atoms with E-state index in [0.29, 0.717) is 0 Å². The molecule has 18 heavy (non-hydrogen) atoms. The molecule has 0 saturated carbocycles. The van der Waals surface area contributed by atoms with Gasteiger partial charge in [0.25, 0.3) is 0 Å². The normalized spacial score (nSPS) is 12.2. The number of hydrogen-bond donors (Lipinski definition) is 1. The molecule has 102 valence electrons. The van der Waals surface area contributed by atoms with Crippen molar-refractivity contribution in [1.82, 2.24) is 4.90 Å². The molecule has 0 unspecified atom stereocenters. The SMILES string of the molecule is Cc1ccc(CCN(C)CCC(C)(C)N)c(C)c1. The second-order valence-electron chi connectivity index (χ2n) is 6.22. The topological polar surface area (TPSA) is 29.3 Å². The number of benzene rings is 1. The zero-order valence-corrected chi connectivity index (χ0v) is 12.6. The molecule has 0 radical (unpaired) electrons. The summed E-state index contributed by atoms with van der Waals surface area (Å²) >= 11 is 0. The van der Waals surface area contributed by atoms with Gasteiger partial charge in [-0.05, 0) is 65.3 Å². The van der Waals surface area contributed by atoms with Crippen molar-refractivity contribution in [2.75, 3.05) is 20.1 Å². The molecule has 2 nitrogen and oxygen atoms in total. The predicted octanol–water partition coefficient (Wildman–Crippen LogP) is 2.91. The van der Waals surface area contributed by atoms with Crippen molar-refractivity contribution in [1.29, 1.82) is 0 Å². The van der Waals surface area contributed by atoms with Crippen molar-refractivity contribution in [3.8, 4) is 0 Å². The standard InChI is InChI=1S/C16H28N2/c1-13-6-7-15(14(2)12-13)8-10-18(5)11-9-16(3,4)17/h6-7,12H,8-11,17H2,1-5H3. The Morgan fingerprint density at radius 2 is 1.83 bits per heavy atom. The number of likely N-dealkylation sites (N-methyl/N-ethyl adjacent to an activating group) is 1. The van der Waals surface area contributed by atoms with Crippen LogP contribution in [0.3, 0.4) is 0 Å². The van der Waals surface area contributed by atoms with E-state index in [1.165, 1.54) is 16.7 Å². The third kappa shape index (κ3) is 5.65. The van der Waals surface area contributed by atoms with Gasteiger partial charge < -0.3 is 10.6 Å². The van der Waals surface area contributed by atoms with Crippen LogP contribution in [0.15, 0.2) is 18.2 Å². The van der Waals surface area contributed by atoms with E-state index in [1.54, 1.807) is 0 Å². The first-order chi connectivity index (χ1) is 8.28. The molecule has 1 aromatic carbocycles. The highest BCUT2D eigenvalue weighted by Crippen LogP contribution is 2.12. The maximum absolute atomic E-state index is 6.01. The molecule has 0 heterocycles. The molecule has 0 amide bonds. The van der Waals surface area contributed by atoms with Gasteiger partial charge in [0.05, 0.1) is 0 Å². The summed E-state index contributed by atoms with van der Waals surface area (Å²) in [5, 5.41) is 0. The highest BCUT2D eigenvalue weighted by Gasteiger charge is 2.11. The number of rotatable bonds is 6. The third-order valence-electron chi connectivity index (χ3n) is 3.40. The highest BCUT2D eigenvalue weighted by atomic mass is 15.1. The van der Waals surface area contributed by atoms with Gasteiger partial charge in [-0.25, -0.2) is 0 Å². The molecule has 0 aliphatic heterocycles. The van der Waals surface area contributed by atoms with Crippen LogP contribution in [0.25, 0.3) is 0 Å². The van der Waals surface area contributed by atoms with Crippen LogP contribution in [-0.2, 0) is 6.42 Å². The van der Waals surface area contributed by atoms with Gasteiger partial charge in [-0.1, -0.05) is 23.8 Å². The molecule has 0 spiro atoms. The summed E-state index contributed by atoms with van der Waals surface area (Å²) in [7, 11) is 2.18. The van der Waals surface area contributed by atoms with E-state index >= 15 is 0 Å². The van der Waals surface area contributed by atoms with Crippen LogP contribution in [0.1, 0.15) is 37.0 Å². The molecule has 2 N–H and O–H groups in total. The van der Waals surface area contributed by atoms with Crippen LogP contribution < -0.4 is 5.73 Å². The van der Waals surface area contributed by atoms with Gasteiger partial charge in [-0.15, -0.1) is 0 Å². The van der Waals surface area contributed by atoms with Gasteiger partial charge >= 0.3 is 0 Å². The summed E-state index contributed by atoms with van der Waals surface area (Å²) in [6.07, 6.45) is 2.16. The minimum absolute atomic E-state index is 0.0615. The van der Waals surface area contributed by atoms with Gasteiger partial charge in [-0.2, -0.15) is 0 Å². The highest BCUT2D eigenvalue weighted by molar-refractivity contribution is 5.30. The fourth-order valence-electron chi connectivity index (χ4n) is 2.03. The quantitative estimate of drug-likeness (QED) is 0.839. The lowest BCUT2D eigenvalue weighted by Gasteiger charge is -2.23. The lowest BCUT2D eigenvalue weighted by Crippen LogP contribution is -2.36. The van der Waals surface area contributed by atoms with Gasteiger partial charge in [0.15, 0.2) is 0 Å². The minimum Gasteiger partial charge on any atom is -0.326 e. The maximum atomic E-state index is 6.01. The monoisotopic (exact) mass is 248 g/mol. The summed E-state index contributed by atoms with van der Waals surface area (Å²) in [6, 6.07) is 6.72. The Hall–Kier alpha value is -0.860. The van der Waals surface area contributed by atoms with E-state index in [0.717, 1.165) is 25.9 Å². The lowest BCUT2D eigenvalue weighted by atomic mass is 10.0. The fourth-order valence-corrected chi connectivity index (χ4v) is 2.03. The Balaban J connectivity index is 2.40. The lowest BCUT2D eigenvalue weighted by molar-refractivity contribution is 0.298. The average molecular weight is 248 g/mol. The first-order valence-corrected chi connectivity index (χ1v) is 6.81. The van der Waals surface area contributed by atoms with Crippen LogP contribution in [0.4, 0.5) is 0 Å². The minimum atomic E-state index is -0.0615. The zero-order valence-electron chi connectivity index (χ0n) is 12.6. The number of nitrogens with two attached hydrogens (primary N) is 1. The van der Waals surface area contributed by atoms with Crippen LogP contribution in [0, 0.1) is 13.8 Å². The van der Waals surface area contributed by atoms with E-state index in [4.69, 9.17) is 5.73 Å². The molecule has 0 bridgehead atoms. The molecule has 1 rings (SSSR count). The largest absolute Gasteiger partial charge is 0.326 e. The van der Waals surface area contributed by atoms with Crippen molar-refractivity contribution < 1.29 is 0 Å². The smallest absolute Gasteiger partial charge is 0.0109 e. The maximum Gasteiger partial charge on any atom is 0.0109 e. The Labute approximate surface area is 112 Å². The van der Waals surface area contributed by atoms with Crippen LogP contribution >= 0.6 is 0 Å². The fraction of sp³-hybridized carbons (Fsp3) is 0.625. The second kappa shape index (κ2) is 6.35. The number of hydrogen-bond acceptors (Lipinski definition) is 2. The molecule has 0 atom stereocenters. The summed E-state index contributed by atoms with van der Waals surface area (Å²) < 4.78 is 0. The van der Waals surface area contributed by atoms with Crippen molar-refractivity contribution in [3.63, 3.8) is 0 Å². The van der Waals surface area contributed by atoms with Crippen molar-refractivity contribution in [2.24, 2.45) is 5.73 Å². The molecule has 0 aromatic heterocycles. The first-order valence-electron chi connectivity index (χ1n) is 6.81. The predicted molar refractivity (Wildman–Crippen MR) is 80.0 cm³/mol. The van der Waals surface area contributed by atoms with E-state index in [1.807, 2.05) is 0 Å². The van der Waals surface area contributed by atoms with E-state index < -0.39 is 0 Å². The third-order valence-corrected chi connectivity index (χ3v) is 3.40. The van der Waals surface area contributed by atoms with Gasteiger partial charge in [-0.3, -0.25) is 0 Å². The molecular weight excluding hydrogens is 220 g/mol. The summed E-state index contributed by atoms with van der Waals surface area (Å²) in [5.41, 5.74) is 10.1.